The Morgan fingerprint density at radius 1 is 0.833 bits per heavy atom. The van der Waals surface area contributed by atoms with Crippen LogP contribution in [0.5, 0.6) is 0 Å². The Labute approximate surface area is 175 Å². The van der Waals surface area contributed by atoms with Crippen LogP contribution in [-0.2, 0) is 4.79 Å². The van der Waals surface area contributed by atoms with Crippen LogP contribution >= 0.6 is 0 Å². The molecule has 4 nitrogen and oxygen atoms in total. The summed E-state index contributed by atoms with van der Waals surface area (Å²) in [4.78, 5) is 16.7. The second-order valence-electron chi connectivity index (χ2n) is 8.28. The molecule has 0 saturated carbocycles. The van der Waals surface area contributed by atoms with Gasteiger partial charge in [0, 0.05) is 36.6 Å². The Hall–Kier alpha value is -3.53. The van der Waals surface area contributed by atoms with E-state index in [9.17, 15) is 9.90 Å². The van der Waals surface area contributed by atoms with Gasteiger partial charge in [-0.25, -0.2) is 4.79 Å². The lowest BCUT2D eigenvalue weighted by atomic mass is 9.77. The Bertz CT molecular complexity index is 1210. The highest BCUT2D eigenvalue weighted by Gasteiger charge is 2.36. The third-order valence-corrected chi connectivity index (χ3v) is 6.63. The Morgan fingerprint density at radius 3 is 2.07 bits per heavy atom. The lowest BCUT2D eigenvalue weighted by Gasteiger charge is -2.40. The van der Waals surface area contributed by atoms with Crippen LogP contribution in [0.25, 0.3) is 0 Å². The summed E-state index contributed by atoms with van der Waals surface area (Å²) in [6.07, 6.45) is 22.9. The minimum atomic E-state index is -0.870. The Balaban J connectivity index is 1.60. The van der Waals surface area contributed by atoms with E-state index in [0.29, 0.717) is 12.1 Å². The summed E-state index contributed by atoms with van der Waals surface area (Å²) in [6.45, 7) is 3.66. The first kappa shape index (κ1) is 17.3. The zero-order valence-electron chi connectivity index (χ0n) is 16.9. The van der Waals surface area contributed by atoms with Crippen molar-refractivity contribution in [3.8, 4) is 0 Å². The molecule has 0 amide bonds. The molecule has 0 aromatic carbocycles. The summed E-state index contributed by atoms with van der Waals surface area (Å²) in [7, 11) is 0. The van der Waals surface area contributed by atoms with Crippen LogP contribution in [0.3, 0.4) is 0 Å². The van der Waals surface area contributed by atoms with Crippen molar-refractivity contribution in [2.75, 3.05) is 13.1 Å². The first-order valence-corrected chi connectivity index (χ1v) is 10.4. The van der Waals surface area contributed by atoms with Crippen molar-refractivity contribution in [3.63, 3.8) is 0 Å². The van der Waals surface area contributed by atoms with E-state index in [1.54, 1.807) is 0 Å². The number of aliphatic carboxylic acids is 1. The minimum Gasteiger partial charge on any atom is -0.478 e. The Morgan fingerprint density at radius 2 is 1.40 bits per heavy atom. The lowest BCUT2D eigenvalue weighted by Crippen LogP contribution is -2.32. The van der Waals surface area contributed by atoms with Crippen molar-refractivity contribution in [3.05, 3.63) is 117 Å². The normalized spacial score (nSPS) is 23.8. The summed E-state index contributed by atoms with van der Waals surface area (Å²) in [6, 6.07) is 0. The van der Waals surface area contributed by atoms with Gasteiger partial charge in [0.1, 0.15) is 0 Å². The quantitative estimate of drug-likeness (QED) is 0.740. The highest BCUT2D eigenvalue weighted by atomic mass is 16.4. The maximum atomic E-state index is 12.4. The molecule has 0 radical (unpaired) electrons. The molecule has 0 atom stereocenters. The number of carboxylic acids is 1. The number of carbonyl (C=O) groups is 1. The van der Waals surface area contributed by atoms with E-state index in [-0.39, 0.29) is 0 Å². The predicted molar refractivity (Wildman–Crippen MR) is 117 cm³/mol. The van der Waals surface area contributed by atoms with Gasteiger partial charge in [-0.1, -0.05) is 48.6 Å². The van der Waals surface area contributed by atoms with E-state index in [1.165, 1.54) is 22.4 Å². The second-order valence-corrected chi connectivity index (χ2v) is 8.28. The van der Waals surface area contributed by atoms with Crippen LogP contribution in [0.4, 0.5) is 0 Å². The molecule has 1 N–H and O–H groups in total. The fraction of sp³-hybridized carbons (Fsp3) is 0.192. The highest BCUT2D eigenvalue weighted by molar-refractivity contribution is 5.96. The number of hydrogen-bond acceptors (Lipinski definition) is 3. The van der Waals surface area contributed by atoms with Crippen molar-refractivity contribution in [1.82, 2.24) is 9.80 Å². The molecule has 4 aliphatic heterocycles. The van der Waals surface area contributed by atoms with Gasteiger partial charge in [0.05, 0.1) is 17.0 Å². The van der Waals surface area contributed by atoms with Crippen LogP contribution in [0.2, 0.25) is 0 Å². The molecule has 0 spiro atoms. The van der Waals surface area contributed by atoms with E-state index in [4.69, 9.17) is 0 Å². The first-order valence-electron chi connectivity index (χ1n) is 10.4. The summed E-state index contributed by atoms with van der Waals surface area (Å²) in [5, 5.41) is 10.2. The molecular weight excluding hydrogens is 372 g/mol. The number of rotatable bonds is 2. The van der Waals surface area contributed by atoms with Gasteiger partial charge in [-0.3, -0.25) is 0 Å². The van der Waals surface area contributed by atoms with Crippen LogP contribution in [-0.4, -0.2) is 34.0 Å². The average molecular weight is 394 g/mol. The maximum absolute atomic E-state index is 12.4. The van der Waals surface area contributed by atoms with E-state index in [0.717, 1.165) is 47.4 Å². The summed E-state index contributed by atoms with van der Waals surface area (Å²) in [5.74, 6) is -0.870. The molecule has 6 aliphatic rings. The van der Waals surface area contributed by atoms with Gasteiger partial charge in [-0.15, -0.1) is 0 Å². The number of carboxylic acid groups (broad SMARTS) is 1. The standard InChI is InChI=1S/C26H22N2O2/c1-16-19-10-2-6-17-8-4-12-27(24(17)19)14-21(16)23-20-11-3-7-18-9-5-13-28(25(18)20)15-22(23)26(29)30/h2-9,14-15H,10-13H2,1H3,(H,29,30). The van der Waals surface area contributed by atoms with Gasteiger partial charge in [-0.2, -0.15) is 0 Å². The molecule has 30 heavy (non-hydrogen) atoms. The number of hydrogen-bond donors (Lipinski definition) is 1. The molecular formula is C26H22N2O2. The molecule has 6 rings (SSSR count). The molecule has 0 unspecified atom stereocenters. The minimum absolute atomic E-state index is 0.386. The van der Waals surface area contributed by atoms with Crippen LogP contribution in [0, 0.1) is 0 Å². The van der Waals surface area contributed by atoms with Gasteiger partial charge in [-0.05, 0) is 47.6 Å². The van der Waals surface area contributed by atoms with Crippen molar-refractivity contribution in [1.29, 1.82) is 0 Å². The molecule has 4 heterocycles. The van der Waals surface area contributed by atoms with Crippen LogP contribution in [0.1, 0.15) is 19.8 Å². The van der Waals surface area contributed by atoms with E-state index < -0.39 is 5.97 Å². The average Bonchev–Trinajstić information content (AvgIpc) is 2.76. The number of allylic oxidation sites excluding steroid dienone is 12. The van der Waals surface area contributed by atoms with Crippen LogP contribution in [0.15, 0.2) is 117 Å². The molecule has 148 valence electrons. The van der Waals surface area contributed by atoms with Crippen molar-refractivity contribution in [2.45, 2.75) is 19.8 Å². The first-order chi connectivity index (χ1) is 14.6. The largest absolute Gasteiger partial charge is 0.478 e. The summed E-state index contributed by atoms with van der Waals surface area (Å²) in [5.41, 5.74) is 10.7. The van der Waals surface area contributed by atoms with Crippen molar-refractivity contribution >= 4 is 5.97 Å². The highest BCUT2D eigenvalue weighted by Crippen LogP contribution is 2.47. The Kier molecular flexibility index (Phi) is 3.60. The van der Waals surface area contributed by atoms with Crippen LogP contribution < -0.4 is 0 Å². The van der Waals surface area contributed by atoms with Gasteiger partial charge < -0.3 is 14.9 Å². The topological polar surface area (TPSA) is 43.8 Å². The lowest BCUT2D eigenvalue weighted by molar-refractivity contribution is -0.132. The van der Waals surface area contributed by atoms with Gasteiger partial charge >= 0.3 is 5.97 Å². The number of nitrogens with zero attached hydrogens (tertiary/aromatic N) is 2. The van der Waals surface area contributed by atoms with E-state index in [1.807, 2.05) is 6.20 Å². The van der Waals surface area contributed by atoms with Gasteiger partial charge in [0.15, 0.2) is 0 Å². The smallest absolute Gasteiger partial charge is 0.337 e. The summed E-state index contributed by atoms with van der Waals surface area (Å²) < 4.78 is 0. The second kappa shape index (κ2) is 6.23. The zero-order valence-corrected chi connectivity index (χ0v) is 16.9. The predicted octanol–water partition coefficient (Wildman–Crippen LogP) is 4.65. The molecule has 4 heteroatoms. The third-order valence-electron chi connectivity index (χ3n) is 6.63. The molecule has 0 fully saturated rings. The SMILES string of the molecule is CC1=C2CC=CC3=C2N(C=C1C1=C2CC=CC4=C2N(C=C1C(=O)O)CC=C4)CC=C3. The molecule has 2 aliphatic carbocycles. The van der Waals surface area contributed by atoms with E-state index >= 15 is 0 Å². The van der Waals surface area contributed by atoms with E-state index in [2.05, 4.69) is 71.5 Å². The van der Waals surface area contributed by atoms with Gasteiger partial charge in [0.25, 0.3) is 0 Å². The van der Waals surface area contributed by atoms with Crippen molar-refractivity contribution in [2.24, 2.45) is 0 Å². The molecule has 0 bridgehead atoms. The summed E-state index contributed by atoms with van der Waals surface area (Å²) >= 11 is 0. The fourth-order valence-corrected chi connectivity index (χ4v) is 5.33. The van der Waals surface area contributed by atoms with Crippen molar-refractivity contribution < 1.29 is 9.90 Å². The third kappa shape index (κ3) is 2.31. The fourth-order valence-electron chi connectivity index (χ4n) is 5.33. The monoisotopic (exact) mass is 394 g/mol. The molecule has 0 aromatic heterocycles. The zero-order chi connectivity index (χ0) is 20.4. The molecule has 0 saturated heterocycles. The van der Waals surface area contributed by atoms with Gasteiger partial charge in [0.2, 0.25) is 0 Å². The maximum Gasteiger partial charge on any atom is 0.337 e. The molecule has 0 aromatic rings.